The number of hydrogen-bond acceptors (Lipinski definition) is 4. The zero-order chi connectivity index (χ0) is 17.1. The number of carbonyl (C=O) groups excluding carboxylic acids is 1. The third kappa shape index (κ3) is 3.19. The van der Waals surface area contributed by atoms with Gasteiger partial charge in [-0.2, -0.15) is 0 Å². The van der Waals surface area contributed by atoms with E-state index in [0.29, 0.717) is 30.9 Å². The summed E-state index contributed by atoms with van der Waals surface area (Å²) in [4.78, 5) is 14.3. The lowest BCUT2D eigenvalue weighted by Crippen LogP contribution is -2.49. The van der Waals surface area contributed by atoms with E-state index in [1.807, 2.05) is 4.90 Å². The number of phenolic OH excluding ortho intramolecular Hbond substituents is 1. The van der Waals surface area contributed by atoms with Crippen molar-refractivity contribution in [3.05, 3.63) is 59.4 Å². The third-order valence-corrected chi connectivity index (χ3v) is 4.17. The number of nitrogens with zero attached hydrogens (tertiary/aromatic N) is 1. The average Bonchev–Trinajstić information content (AvgIpc) is 2.58. The lowest BCUT2D eigenvalue weighted by atomic mass is 10.0. The lowest BCUT2D eigenvalue weighted by molar-refractivity contribution is -0.129. The van der Waals surface area contributed by atoms with Crippen molar-refractivity contribution < 1.29 is 19.0 Å². The summed E-state index contributed by atoms with van der Waals surface area (Å²) in [6.45, 7) is 1.55. The summed E-state index contributed by atoms with van der Waals surface area (Å²) in [5.41, 5.74) is 1.40. The van der Waals surface area contributed by atoms with Crippen molar-refractivity contribution in [1.29, 1.82) is 0 Å². The minimum absolute atomic E-state index is 0.0730. The largest absolute Gasteiger partial charge is 0.504 e. The van der Waals surface area contributed by atoms with Crippen LogP contribution >= 0.6 is 0 Å². The zero-order valence-corrected chi connectivity index (χ0v) is 13.3. The second-order valence-electron chi connectivity index (χ2n) is 5.68. The van der Waals surface area contributed by atoms with Gasteiger partial charge in [0.1, 0.15) is 11.9 Å². The predicted molar refractivity (Wildman–Crippen MR) is 87.2 cm³/mol. The Bertz CT molecular complexity index is 734. The monoisotopic (exact) mass is 330 g/mol. The highest BCUT2D eigenvalue weighted by molar-refractivity contribution is 5.83. The van der Waals surface area contributed by atoms with Crippen molar-refractivity contribution >= 4 is 5.91 Å². The maximum absolute atomic E-state index is 13.2. The molecule has 0 aliphatic carbocycles. The number of nitrogens with one attached hydrogen (secondary N) is 1. The molecule has 1 saturated heterocycles. The van der Waals surface area contributed by atoms with Crippen LogP contribution in [0.25, 0.3) is 0 Å². The molecule has 1 amide bonds. The third-order valence-electron chi connectivity index (χ3n) is 4.17. The Hall–Kier alpha value is -2.60. The molecule has 1 fully saturated rings. The Labute approximate surface area is 139 Å². The van der Waals surface area contributed by atoms with Gasteiger partial charge < -0.3 is 15.2 Å². The van der Waals surface area contributed by atoms with Crippen LogP contribution in [0.5, 0.6) is 11.5 Å². The molecule has 24 heavy (non-hydrogen) atoms. The van der Waals surface area contributed by atoms with Crippen LogP contribution in [0.4, 0.5) is 4.39 Å². The topological polar surface area (TPSA) is 61.8 Å². The average molecular weight is 330 g/mol. The van der Waals surface area contributed by atoms with Crippen LogP contribution in [0.15, 0.2) is 42.5 Å². The first-order chi connectivity index (χ1) is 11.6. The van der Waals surface area contributed by atoms with Crippen LogP contribution in [-0.4, -0.2) is 36.1 Å². The summed E-state index contributed by atoms with van der Waals surface area (Å²) < 4.78 is 18.3. The van der Waals surface area contributed by atoms with Crippen molar-refractivity contribution in [2.45, 2.75) is 12.6 Å². The molecule has 0 radical (unpaired) electrons. The van der Waals surface area contributed by atoms with Crippen LogP contribution in [0.1, 0.15) is 17.2 Å². The highest BCUT2D eigenvalue weighted by atomic mass is 19.1. The molecular formula is C18H19FN2O3. The maximum Gasteiger partial charge on any atom is 0.242 e. The van der Waals surface area contributed by atoms with Gasteiger partial charge in [0.05, 0.1) is 7.11 Å². The number of rotatable bonds is 4. The Balaban J connectivity index is 1.90. The van der Waals surface area contributed by atoms with Gasteiger partial charge in [0.2, 0.25) is 5.91 Å². The number of carbonyl (C=O) groups is 1. The molecule has 0 saturated carbocycles. The minimum Gasteiger partial charge on any atom is -0.504 e. The SMILES string of the molecule is COc1cccc(CN2CCNC(=O)C2c2ccc(F)cc2)c1O. The molecule has 1 aliphatic heterocycles. The molecule has 3 rings (SSSR count). The molecule has 1 heterocycles. The molecular weight excluding hydrogens is 311 g/mol. The van der Waals surface area contributed by atoms with Crippen molar-refractivity contribution in [2.75, 3.05) is 20.2 Å². The van der Waals surface area contributed by atoms with E-state index in [9.17, 15) is 14.3 Å². The second-order valence-corrected chi connectivity index (χ2v) is 5.68. The number of methoxy groups -OCH3 is 1. The molecule has 1 atom stereocenters. The van der Waals surface area contributed by atoms with Crippen LogP contribution in [0.3, 0.4) is 0 Å². The van der Waals surface area contributed by atoms with E-state index in [0.717, 1.165) is 5.56 Å². The lowest BCUT2D eigenvalue weighted by Gasteiger charge is -2.35. The summed E-state index contributed by atoms with van der Waals surface area (Å²) >= 11 is 0. The molecule has 126 valence electrons. The van der Waals surface area contributed by atoms with E-state index in [4.69, 9.17) is 4.74 Å². The molecule has 2 aromatic rings. The van der Waals surface area contributed by atoms with Gasteiger partial charge in [-0.3, -0.25) is 9.69 Å². The van der Waals surface area contributed by atoms with E-state index in [2.05, 4.69) is 5.32 Å². The standard InChI is InChI=1S/C18H19FN2O3/c1-24-15-4-2-3-13(17(15)22)11-21-10-9-20-18(23)16(21)12-5-7-14(19)8-6-12/h2-8,16,22H,9-11H2,1H3,(H,20,23). The Kier molecular flexibility index (Phi) is 4.66. The Morgan fingerprint density at radius 3 is 2.75 bits per heavy atom. The quantitative estimate of drug-likeness (QED) is 0.902. The first-order valence-electron chi connectivity index (χ1n) is 7.72. The number of hydrogen-bond donors (Lipinski definition) is 2. The summed E-state index contributed by atoms with van der Waals surface area (Å²) in [6, 6.07) is 10.7. The molecule has 0 aromatic heterocycles. The number of para-hydroxylation sites is 1. The number of amides is 1. The van der Waals surface area contributed by atoms with Crippen molar-refractivity contribution in [2.24, 2.45) is 0 Å². The van der Waals surface area contributed by atoms with Crippen LogP contribution < -0.4 is 10.1 Å². The van der Waals surface area contributed by atoms with E-state index in [1.54, 1.807) is 30.3 Å². The normalized spacial score (nSPS) is 18.2. The van der Waals surface area contributed by atoms with E-state index in [-0.39, 0.29) is 17.5 Å². The molecule has 5 nitrogen and oxygen atoms in total. The number of aromatic hydroxyl groups is 1. The van der Waals surface area contributed by atoms with Gasteiger partial charge in [-0.1, -0.05) is 24.3 Å². The molecule has 0 bridgehead atoms. The fourth-order valence-electron chi connectivity index (χ4n) is 2.97. The number of halogens is 1. The van der Waals surface area contributed by atoms with E-state index >= 15 is 0 Å². The fourth-order valence-corrected chi connectivity index (χ4v) is 2.97. The van der Waals surface area contributed by atoms with Gasteiger partial charge in [-0.15, -0.1) is 0 Å². The second kappa shape index (κ2) is 6.88. The maximum atomic E-state index is 13.2. The van der Waals surface area contributed by atoms with Gasteiger partial charge in [-0.05, 0) is 23.8 Å². The van der Waals surface area contributed by atoms with Gasteiger partial charge in [0.15, 0.2) is 11.5 Å². The predicted octanol–water partition coefficient (Wildman–Crippen LogP) is 2.21. The molecule has 2 aromatic carbocycles. The molecule has 1 unspecified atom stereocenters. The van der Waals surface area contributed by atoms with Gasteiger partial charge in [0.25, 0.3) is 0 Å². The summed E-state index contributed by atoms with van der Waals surface area (Å²) in [5, 5.41) is 13.1. The van der Waals surface area contributed by atoms with E-state index < -0.39 is 6.04 Å². The zero-order valence-electron chi connectivity index (χ0n) is 13.3. The van der Waals surface area contributed by atoms with Crippen molar-refractivity contribution in [3.8, 4) is 11.5 Å². The number of piperazine rings is 1. The van der Waals surface area contributed by atoms with Crippen LogP contribution in [-0.2, 0) is 11.3 Å². The van der Waals surface area contributed by atoms with Gasteiger partial charge in [0, 0.05) is 25.2 Å². The van der Waals surface area contributed by atoms with Crippen LogP contribution in [0, 0.1) is 5.82 Å². The fraction of sp³-hybridized carbons (Fsp3) is 0.278. The van der Waals surface area contributed by atoms with Gasteiger partial charge in [-0.25, -0.2) is 4.39 Å². The first kappa shape index (κ1) is 16.3. The molecule has 0 spiro atoms. The molecule has 6 heteroatoms. The Morgan fingerprint density at radius 1 is 1.29 bits per heavy atom. The summed E-state index contributed by atoms with van der Waals surface area (Å²) in [6.07, 6.45) is 0. The van der Waals surface area contributed by atoms with Crippen LogP contribution in [0.2, 0.25) is 0 Å². The summed E-state index contributed by atoms with van der Waals surface area (Å²) in [7, 11) is 1.49. The Morgan fingerprint density at radius 2 is 2.04 bits per heavy atom. The number of ether oxygens (including phenoxy) is 1. The highest BCUT2D eigenvalue weighted by Crippen LogP contribution is 2.33. The smallest absolute Gasteiger partial charge is 0.242 e. The highest BCUT2D eigenvalue weighted by Gasteiger charge is 2.31. The van der Waals surface area contributed by atoms with Crippen molar-refractivity contribution in [1.82, 2.24) is 10.2 Å². The first-order valence-corrected chi connectivity index (χ1v) is 7.72. The number of benzene rings is 2. The van der Waals surface area contributed by atoms with Gasteiger partial charge >= 0.3 is 0 Å². The molecule has 1 aliphatic rings. The minimum atomic E-state index is -0.523. The number of phenols is 1. The molecule has 2 N–H and O–H groups in total. The van der Waals surface area contributed by atoms with E-state index in [1.165, 1.54) is 19.2 Å². The summed E-state index contributed by atoms with van der Waals surface area (Å²) in [5.74, 6) is -0.00154. The van der Waals surface area contributed by atoms with Crippen molar-refractivity contribution in [3.63, 3.8) is 0 Å².